The zero-order valence-corrected chi connectivity index (χ0v) is 11.9. The first-order chi connectivity index (χ1) is 8.02. The molecular formula is C13H17BrO3. The van der Waals surface area contributed by atoms with Gasteiger partial charge in [0.15, 0.2) is 6.10 Å². The fourth-order valence-electron chi connectivity index (χ4n) is 1.46. The Balaban J connectivity index is 2.75. The predicted octanol–water partition coefficient (Wildman–Crippen LogP) is 3.42. The Morgan fingerprint density at radius 2 is 2.12 bits per heavy atom. The van der Waals surface area contributed by atoms with Gasteiger partial charge in [-0.1, -0.05) is 35.8 Å². The lowest BCUT2D eigenvalue weighted by Gasteiger charge is -2.18. The van der Waals surface area contributed by atoms with Crippen LogP contribution >= 0.6 is 15.9 Å². The SMILES string of the molecule is COC(=O)C(CC(C)C)Oc1cccc(Br)c1. The van der Waals surface area contributed by atoms with Gasteiger partial charge in [-0.05, 0) is 30.5 Å². The van der Waals surface area contributed by atoms with Crippen molar-refractivity contribution in [2.45, 2.75) is 26.4 Å². The van der Waals surface area contributed by atoms with Crippen LogP contribution in [0, 0.1) is 5.92 Å². The fraction of sp³-hybridized carbons (Fsp3) is 0.462. The smallest absolute Gasteiger partial charge is 0.347 e. The van der Waals surface area contributed by atoms with Crippen molar-refractivity contribution in [3.8, 4) is 5.75 Å². The molecule has 1 rings (SSSR count). The van der Waals surface area contributed by atoms with E-state index in [0.29, 0.717) is 18.1 Å². The molecule has 3 nitrogen and oxygen atoms in total. The van der Waals surface area contributed by atoms with E-state index in [4.69, 9.17) is 9.47 Å². The van der Waals surface area contributed by atoms with E-state index in [0.717, 1.165) is 4.47 Å². The number of carbonyl (C=O) groups excluding carboxylic acids is 1. The van der Waals surface area contributed by atoms with Gasteiger partial charge in [0.1, 0.15) is 5.75 Å². The van der Waals surface area contributed by atoms with E-state index in [2.05, 4.69) is 15.9 Å². The highest BCUT2D eigenvalue weighted by Crippen LogP contribution is 2.21. The summed E-state index contributed by atoms with van der Waals surface area (Å²) in [6, 6.07) is 7.42. The maximum atomic E-state index is 11.6. The third kappa shape index (κ3) is 4.77. The van der Waals surface area contributed by atoms with Crippen molar-refractivity contribution in [3.05, 3.63) is 28.7 Å². The predicted molar refractivity (Wildman–Crippen MR) is 70.0 cm³/mol. The highest BCUT2D eigenvalue weighted by atomic mass is 79.9. The number of esters is 1. The first kappa shape index (κ1) is 14.0. The molecule has 0 saturated carbocycles. The zero-order valence-electron chi connectivity index (χ0n) is 10.3. The van der Waals surface area contributed by atoms with Crippen molar-refractivity contribution in [3.63, 3.8) is 0 Å². The Kier molecular flexibility index (Phi) is 5.48. The number of hydrogen-bond acceptors (Lipinski definition) is 3. The third-order valence-corrected chi connectivity index (χ3v) is 2.72. The summed E-state index contributed by atoms with van der Waals surface area (Å²) in [6.07, 6.45) is 0.0911. The van der Waals surface area contributed by atoms with E-state index in [-0.39, 0.29) is 5.97 Å². The van der Waals surface area contributed by atoms with E-state index in [1.165, 1.54) is 7.11 Å². The molecule has 0 N–H and O–H groups in total. The van der Waals surface area contributed by atoms with Crippen molar-refractivity contribution in [1.82, 2.24) is 0 Å². The highest BCUT2D eigenvalue weighted by Gasteiger charge is 2.22. The van der Waals surface area contributed by atoms with Crippen LogP contribution in [0.3, 0.4) is 0 Å². The fourth-order valence-corrected chi connectivity index (χ4v) is 1.83. The lowest BCUT2D eigenvalue weighted by Crippen LogP contribution is -2.30. The summed E-state index contributed by atoms with van der Waals surface area (Å²) in [7, 11) is 1.37. The second kappa shape index (κ2) is 6.64. The maximum absolute atomic E-state index is 11.6. The van der Waals surface area contributed by atoms with Gasteiger partial charge in [0, 0.05) is 4.47 Å². The number of halogens is 1. The van der Waals surface area contributed by atoms with Crippen LogP contribution in [0.2, 0.25) is 0 Å². The molecule has 0 saturated heterocycles. The molecule has 0 aromatic heterocycles. The van der Waals surface area contributed by atoms with Crippen molar-refractivity contribution < 1.29 is 14.3 Å². The first-order valence-electron chi connectivity index (χ1n) is 5.53. The van der Waals surface area contributed by atoms with Gasteiger partial charge in [0.25, 0.3) is 0 Å². The lowest BCUT2D eigenvalue weighted by molar-refractivity contribution is -0.149. The van der Waals surface area contributed by atoms with Gasteiger partial charge in [0.2, 0.25) is 0 Å². The molecule has 0 amide bonds. The van der Waals surface area contributed by atoms with Crippen molar-refractivity contribution in [2.24, 2.45) is 5.92 Å². The molecule has 4 heteroatoms. The number of hydrogen-bond donors (Lipinski definition) is 0. The minimum absolute atomic E-state index is 0.335. The molecule has 1 unspecified atom stereocenters. The topological polar surface area (TPSA) is 35.5 Å². The molecule has 0 bridgehead atoms. The van der Waals surface area contributed by atoms with E-state index >= 15 is 0 Å². The van der Waals surface area contributed by atoms with Crippen molar-refractivity contribution in [2.75, 3.05) is 7.11 Å². The van der Waals surface area contributed by atoms with Gasteiger partial charge in [-0.15, -0.1) is 0 Å². The van der Waals surface area contributed by atoms with E-state index in [9.17, 15) is 4.79 Å². The number of carbonyl (C=O) groups is 1. The lowest BCUT2D eigenvalue weighted by atomic mass is 10.1. The Bertz CT molecular complexity index is 377. The molecule has 0 aliphatic carbocycles. The largest absolute Gasteiger partial charge is 0.479 e. The van der Waals surface area contributed by atoms with Gasteiger partial charge in [0.05, 0.1) is 7.11 Å². The number of benzene rings is 1. The monoisotopic (exact) mass is 300 g/mol. The van der Waals surface area contributed by atoms with Gasteiger partial charge < -0.3 is 9.47 Å². The second-order valence-corrected chi connectivity index (χ2v) is 5.13. The van der Waals surface area contributed by atoms with Crippen LogP contribution in [-0.2, 0) is 9.53 Å². The Morgan fingerprint density at radius 1 is 1.41 bits per heavy atom. The van der Waals surface area contributed by atoms with E-state index in [1.807, 2.05) is 38.1 Å². The Labute approximate surface area is 110 Å². The molecule has 1 aromatic carbocycles. The summed E-state index contributed by atoms with van der Waals surface area (Å²) in [5, 5.41) is 0. The third-order valence-electron chi connectivity index (χ3n) is 2.22. The van der Waals surface area contributed by atoms with Gasteiger partial charge >= 0.3 is 5.97 Å². The van der Waals surface area contributed by atoms with E-state index < -0.39 is 6.10 Å². The average Bonchev–Trinajstić information content (AvgIpc) is 2.26. The molecule has 0 aliphatic heterocycles. The van der Waals surface area contributed by atoms with Crippen LogP contribution in [0.5, 0.6) is 5.75 Å². The quantitative estimate of drug-likeness (QED) is 0.782. The molecule has 17 heavy (non-hydrogen) atoms. The van der Waals surface area contributed by atoms with Crippen LogP contribution in [-0.4, -0.2) is 19.2 Å². The maximum Gasteiger partial charge on any atom is 0.347 e. The van der Waals surface area contributed by atoms with Crippen molar-refractivity contribution >= 4 is 21.9 Å². The highest BCUT2D eigenvalue weighted by molar-refractivity contribution is 9.10. The van der Waals surface area contributed by atoms with Crippen LogP contribution < -0.4 is 4.74 Å². The van der Waals surface area contributed by atoms with Crippen LogP contribution in [0.4, 0.5) is 0 Å². The first-order valence-corrected chi connectivity index (χ1v) is 6.32. The van der Waals surface area contributed by atoms with Crippen LogP contribution in [0.15, 0.2) is 28.7 Å². The minimum Gasteiger partial charge on any atom is -0.479 e. The summed E-state index contributed by atoms with van der Waals surface area (Å²) < 4.78 is 11.3. The van der Waals surface area contributed by atoms with Gasteiger partial charge in [-0.3, -0.25) is 0 Å². The second-order valence-electron chi connectivity index (χ2n) is 4.22. The zero-order chi connectivity index (χ0) is 12.8. The molecule has 1 aromatic rings. The Morgan fingerprint density at radius 3 is 2.65 bits per heavy atom. The summed E-state index contributed by atoms with van der Waals surface area (Å²) >= 11 is 3.36. The summed E-state index contributed by atoms with van der Waals surface area (Å²) in [4.78, 5) is 11.6. The number of methoxy groups -OCH3 is 1. The van der Waals surface area contributed by atoms with Gasteiger partial charge in [-0.2, -0.15) is 0 Å². The Hall–Kier alpha value is -1.03. The summed E-state index contributed by atoms with van der Waals surface area (Å²) in [5.41, 5.74) is 0. The van der Waals surface area contributed by atoms with Crippen molar-refractivity contribution in [1.29, 1.82) is 0 Å². The minimum atomic E-state index is -0.547. The average molecular weight is 301 g/mol. The standard InChI is InChI=1S/C13H17BrO3/c1-9(2)7-12(13(15)16-3)17-11-6-4-5-10(14)8-11/h4-6,8-9,12H,7H2,1-3H3. The molecular weight excluding hydrogens is 284 g/mol. The molecule has 94 valence electrons. The normalized spacial score (nSPS) is 12.3. The van der Waals surface area contributed by atoms with Crippen LogP contribution in [0.25, 0.3) is 0 Å². The molecule has 0 fully saturated rings. The molecule has 0 spiro atoms. The summed E-state index contributed by atoms with van der Waals surface area (Å²) in [5.74, 6) is 0.695. The molecule has 0 aliphatic rings. The number of rotatable bonds is 5. The van der Waals surface area contributed by atoms with Crippen LogP contribution in [0.1, 0.15) is 20.3 Å². The molecule has 0 heterocycles. The summed E-state index contributed by atoms with van der Waals surface area (Å²) in [6.45, 7) is 4.08. The number of ether oxygens (including phenoxy) is 2. The molecule has 0 radical (unpaired) electrons. The van der Waals surface area contributed by atoms with Gasteiger partial charge in [-0.25, -0.2) is 4.79 Å². The molecule has 1 atom stereocenters. The van der Waals surface area contributed by atoms with E-state index in [1.54, 1.807) is 0 Å².